The van der Waals surface area contributed by atoms with Gasteiger partial charge in [0.15, 0.2) is 6.61 Å². The van der Waals surface area contributed by atoms with Gasteiger partial charge in [0.2, 0.25) is 0 Å². The standard InChI is InChI=1S/C12H18F2O5S/c1-7-4-8-5-11(2,19-20(8,16)17)9(7)10(15)18-6-12(3,13)14/h7-9H,4-6H2,1-3H3. The van der Waals surface area contributed by atoms with Crippen molar-refractivity contribution in [2.75, 3.05) is 6.61 Å². The number of rotatable bonds is 3. The number of hydrogen-bond donors (Lipinski definition) is 0. The van der Waals surface area contributed by atoms with Crippen molar-refractivity contribution < 1.29 is 30.9 Å². The number of esters is 1. The zero-order chi connectivity index (χ0) is 15.3. The summed E-state index contributed by atoms with van der Waals surface area (Å²) in [6, 6.07) is 0. The van der Waals surface area contributed by atoms with Crippen molar-refractivity contribution in [3.8, 4) is 0 Å². The Morgan fingerprint density at radius 1 is 1.50 bits per heavy atom. The Labute approximate surface area is 116 Å². The Balaban J connectivity index is 2.17. The Morgan fingerprint density at radius 3 is 2.65 bits per heavy atom. The molecule has 1 saturated carbocycles. The van der Waals surface area contributed by atoms with Crippen molar-refractivity contribution in [1.82, 2.24) is 0 Å². The second-order valence-corrected chi connectivity index (χ2v) is 7.90. The summed E-state index contributed by atoms with van der Waals surface area (Å²) in [7, 11) is -3.68. The van der Waals surface area contributed by atoms with Crippen LogP contribution >= 0.6 is 0 Å². The van der Waals surface area contributed by atoms with Crippen molar-refractivity contribution in [2.24, 2.45) is 11.8 Å². The lowest BCUT2D eigenvalue weighted by atomic mass is 9.70. The number of hydrogen-bond acceptors (Lipinski definition) is 5. The molecule has 4 unspecified atom stereocenters. The highest BCUT2D eigenvalue weighted by atomic mass is 32.2. The molecule has 0 aromatic carbocycles. The smallest absolute Gasteiger partial charge is 0.312 e. The van der Waals surface area contributed by atoms with Crippen LogP contribution in [-0.4, -0.2) is 37.8 Å². The van der Waals surface area contributed by atoms with Crippen LogP contribution in [0, 0.1) is 11.8 Å². The Bertz CT molecular complexity index is 512. The normalized spacial score (nSPS) is 39.5. The molecule has 2 bridgehead atoms. The van der Waals surface area contributed by atoms with E-state index in [-0.39, 0.29) is 18.8 Å². The van der Waals surface area contributed by atoms with Crippen molar-refractivity contribution in [1.29, 1.82) is 0 Å². The highest BCUT2D eigenvalue weighted by molar-refractivity contribution is 7.87. The van der Waals surface area contributed by atoms with Gasteiger partial charge >= 0.3 is 5.97 Å². The lowest BCUT2D eigenvalue weighted by Crippen LogP contribution is -2.47. The van der Waals surface area contributed by atoms with E-state index in [4.69, 9.17) is 4.18 Å². The molecule has 0 N–H and O–H groups in total. The van der Waals surface area contributed by atoms with E-state index < -0.39 is 45.4 Å². The SMILES string of the molecule is CC1CC2CC(C)(OS2(=O)=O)C1C(=O)OCC(C)(F)F. The zero-order valence-corrected chi connectivity index (χ0v) is 12.4. The second kappa shape index (κ2) is 4.62. The van der Waals surface area contributed by atoms with E-state index in [1.54, 1.807) is 6.92 Å². The molecule has 0 aromatic heterocycles. The maximum atomic E-state index is 12.7. The van der Waals surface area contributed by atoms with Crippen molar-refractivity contribution in [3.63, 3.8) is 0 Å². The second-order valence-electron chi connectivity index (χ2n) is 6.08. The Kier molecular flexibility index (Phi) is 3.61. The molecule has 8 heteroatoms. The first-order valence-corrected chi connectivity index (χ1v) is 7.91. The number of carbonyl (C=O) groups excluding carboxylic acids is 1. The van der Waals surface area contributed by atoms with Crippen LogP contribution in [0.15, 0.2) is 0 Å². The maximum absolute atomic E-state index is 12.7. The van der Waals surface area contributed by atoms with Gasteiger partial charge in [-0.05, 0) is 25.7 Å². The molecule has 0 amide bonds. The molecular weight excluding hydrogens is 294 g/mol. The van der Waals surface area contributed by atoms with Gasteiger partial charge < -0.3 is 4.74 Å². The third-order valence-corrected chi connectivity index (χ3v) is 5.72. The lowest BCUT2D eigenvalue weighted by molar-refractivity contribution is -0.169. The molecule has 5 nitrogen and oxygen atoms in total. The minimum Gasteiger partial charge on any atom is -0.459 e. The van der Waals surface area contributed by atoms with Gasteiger partial charge in [-0.15, -0.1) is 0 Å². The molecule has 0 radical (unpaired) electrons. The fraction of sp³-hybridized carbons (Fsp3) is 0.917. The first-order chi connectivity index (χ1) is 8.95. The maximum Gasteiger partial charge on any atom is 0.312 e. The van der Waals surface area contributed by atoms with Gasteiger partial charge in [-0.2, -0.15) is 8.42 Å². The molecular formula is C12H18F2O5S. The van der Waals surface area contributed by atoms with Crippen LogP contribution < -0.4 is 0 Å². The minimum absolute atomic E-state index is 0.196. The van der Waals surface area contributed by atoms with Gasteiger partial charge in [-0.1, -0.05) is 6.92 Å². The quantitative estimate of drug-likeness (QED) is 0.586. The molecule has 116 valence electrons. The number of halogens is 2. The van der Waals surface area contributed by atoms with Crippen LogP contribution in [-0.2, 0) is 23.8 Å². The van der Waals surface area contributed by atoms with Crippen LogP contribution in [0.3, 0.4) is 0 Å². The van der Waals surface area contributed by atoms with Crippen LogP contribution in [0.25, 0.3) is 0 Å². The molecule has 0 aromatic rings. The molecule has 1 saturated heterocycles. The van der Waals surface area contributed by atoms with E-state index in [1.165, 1.54) is 6.92 Å². The molecule has 4 atom stereocenters. The van der Waals surface area contributed by atoms with Crippen LogP contribution in [0.2, 0.25) is 0 Å². The zero-order valence-electron chi connectivity index (χ0n) is 11.6. The van der Waals surface area contributed by atoms with Crippen LogP contribution in [0.5, 0.6) is 0 Å². The van der Waals surface area contributed by atoms with E-state index in [9.17, 15) is 22.0 Å². The van der Waals surface area contributed by atoms with E-state index in [2.05, 4.69) is 4.74 Å². The summed E-state index contributed by atoms with van der Waals surface area (Å²) in [4.78, 5) is 12.0. The van der Waals surface area contributed by atoms with E-state index in [1.807, 2.05) is 0 Å². The third kappa shape index (κ3) is 2.81. The molecule has 1 aliphatic carbocycles. The summed E-state index contributed by atoms with van der Waals surface area (Å²) >= 11 is 0. The van der Waals surface area contributed by atoms with Crippen LogP contribution in [0.4, 0.5) is 8.78 Å². The molecule has 0 spiro atoms. The fourth-order valence-electron chi connectivity index (χ4n) is 3.22. The monoisotopic (exact) mass is 312 g/mol. The predicted molar refractivity (Wildman–Crippen MR) is 65.7 cm³/mol. The topological polar surface area (TPSA) is 69.7 Å². The summed E-state index contributed by atoms with van der Waals surface area (Å²) in [5.41, 5.74) is -1.19. The molecule has 1 heterocycles. The summed E-state index contributed by atoms with van der Waals surface area (Å²) < 4.78 is 58.8. The van der Waals surface area contributed by atoms with E-state index in [0.717, 1.165) is 0 Å². The van der Waals surface area contributed by atoms with Crippen LogP contribution in [0.1, 0.15) is 33.6 Å². The van der Waals surface area contributed by atoms with Gasteiger partial charge in [0, 0.05) is 6.92 Å². The minimum atomic E-state index is -3.68. The Morgan fingerprint density at radius 2 is 2.10 bits per heavy atom. The van der Waals surface area contributed by atoms with Gasteiger partial charge in [0.1, 0.15) is 0 Å². The predicted octanol–water partition coefficient (Wildman–Crippen LogP) is 1.72. The molecule has 20 heavy (non-hydrogen) atoms. The summed E-state index contributed by atoms with van der Waals surface area (Å²) in [6.45, 7) is 2.88. The molecule has 2 fully saturated rings. The van der Waals surface area contributed by atoms with Crippen molar-refractivity contribution in [2.45, 2.75) is 50.4 Å². The number of carbonyl (C=O) groups is 1. The average Bonchev–Trinajstić information content (AvgIpc) is 2.41. The molecule has 2 aliphatic rings. The molecule has 2 rings (SSSR count). The number of ether oxygens (including phenoxy) is 1. The highest BCUT2D eigenvalue weighted by Crippen LogP contribution is 2.50. The largest absolute Gasteiger partial charge is 0.459 e. The van der Waals surface area contributed by atoms with Gasteiger partial charge in [-0.25, -0.2) is 8.78 Å². The number of fused-ring (bicyclic) bond motifs is 2. The first kappa shape index (κ1) is 15.6. The van der Waals surface area contributed by atoms with Gasteiger partial charge in [-0.3, -0.25) is 8.98 Å². The summed E-state index contributed by atoms with van der Waals surface area (Å²) in [5.74, 6) is -5.08. The average molecular weight is 312 g/mol. The van der Waals surface area contributed by atoms with Crippen molar-refractivity contribution >= 4 is 16.1 Å². The summed E-state index contributed by atoms with van der Waals surface area (Å²) in [5, 5.41) is -0.626. The van der Waals surface area contributed by atoms with Crippen molar-refractivity contribution in [3.05, 3.63) is 0 Å². The molecule has 1 aliphatic heterocycles. The first-order valence-electron chi connectivity index (χ1n) is 6.43. The third-order valence-electron chi connectivity index (χ3n) is 3.93. The summed E-state index contributed by atoms with van der Waals surface area (Å²) in [6.07, 6.45) is 0.474. The van der Waals surface area contributed by atoms with E-state index in [0.29, 0.717) is 6.92 Å². The van der Waals surface area contributed by atoms with E-state index >= 15 is 0 Å². The lowest BCUT2D eigenvalue weighted by Gasteiger charge is -2.37. The Hall–Kier alpha value is -0.760. The number of alkyl halides is 2. The van der Waals surface area contributed by atoms with Gasteiger partial charge in [0.05, 0.1) is 16.8 Å². The fourth-order valence-corrected chi connectivity index (χ4v) is 5.14. The highest BCUT2D eigenvalue weighted by Gasteiger charge is 2.60. The van der Waals surface area contributed by atoms with Gasteiger partial charge in [0.25, 0.3) is 16.0 Å².